The number of aryl methyl sites for hydroxylation is 1. The number of hydrogen-bond acceptors (Lipinski definition) is 2. The van der Waals surface area contributed by atoms with E-state index in [2.05, 4.69) is 42.6 Å². The summed E-state index contributed by atoms with van der Waals surface area (Å²) in [5, 5.41) is 3.18. The number of hydrogen-bond donors (Lipinski definition) is 1. The second-order valence-electron chi connectivity index (χ2n) is 4.41. The normalized spacial score (nSPS) is 10.4. The SMILES string of the molecule is CNCc1ccc(C)c(-c2cccc(OC)c2)c1. The van der Waals surface area contributed by atoms with E-state index >= 15 is 0 Å². The van der Waals surface area contributed by atoms with Crippen molar-refractivity contribution in [2.45, 2.75) is 13.5 Å². The van der Waals surface area contributed by atoms with Crippen molar-refractivity contribution in [3.8, 4) is 16.9 Å². The average Bonchev–Trinajstić information content (AvgIpc) is 2.41. The molecule has 0 radical (unpaired) electrons. The van der Waals surface area contributed by atoms with Gasteiger partial charge in [-0.05, 0) is 54.4 Å². The standard InChI is InChI=1S/C16H19NO/c1-12-7-8-13(11-17-2)9-16(12)14-5-4-6-15(10-14)18-3/h4-10,17H,11H2,1-3H3. The van der Waals surface area contributed by atoms with Crippen molar-refractivity contribution in [1.82, 2.24) is 5.32 Å². The highest BCUT2D eigenvalue weighted by Gasteiger charge is 2.04. The summed E-state index contributed by atoms with van der Waals surface area (Å²) < 4.78 is 5.28. The molecule has 0 bridgehead atoms. The molecule has 1 N–H and O–H groups in total. The molecule has 2 heteroatoms. The quantitative estimate of drug-likeness (QED) is 0.886. The Hall–Kier alpha value is -1.80. The lowest BCUT2D eigenvalue weighted by molar-refractivity contribution is 0.415. The summed E-state index contributed by atoms with van der Waals surface area (Å²) in [5.41, 5.74) is 5.04. The zero-order valence-corrected chi connectivity index (χ0v) is 11.2. The molecular weight excluding hydrogens is 222 g/mol. The van der Waals surface area contributed by atoms with E-state index in [0.717, 1.165) is 12.3 Å². The molecule has 0 atom stereocenters. The fourth-order valence-corrected chi connectivity index (χ4v) is 2.08. The molecule has 0 aliphatic rings. The van der Waals surface area contributed by atoms with Crippen LogP contribution >= 0.6 is 0 Å². The molecule has 0 heterocycles. The third-order valence-electron chi connectivity index (χ3n) is 3.06. The number of benzene rings is 2. The van der Waals surface area contributed by atoms with Crippen molar-refractivity contribution in [2.75, 3.05) is 14.2 Å². The van der Waals surface area contributed by atoms with E-state index in [9.17, 15) is 0 Å². The number of nitrogens with one attached hydrogen (secondary N) is 1. The Balaban J connectivity index is 2.44. The Morgan fingerprint density at radius 2 is 1.94 bits per heavy atom. The van der Waals surface area contributed by atoms with E-state index in [-0.39, 0.29) is 0 Å². The Bertz CT molecular complexity index is 534. The van der Waals surface area contributed by atoms with E-state index in [1.807, 2.05) is 19.2 Å². The molecular formula is C16H19NO. The first kappa shape index (κ1) is 12.7. The molecule has 94 valence electrons. The monoisotopic (exact) mass is 241 g/mol. The third-order valence-corrected chi connectivity index (χ3v) is 3.06. The van der Waals surface area contributed by atoms with Crippen molar-refractivity contribution < 1.29 is 4.74 Å². The van der Waals surface area contributed by atoms with Crippen LogP contribution in [0.15, 0.2) is 42.5 Å². The van der Waals surface area contributed by atoms with Crippen molar-refractivity contribution in [3.05, 3.63) is 53.6 Å². The first-order valence-electron chi connectivity index (χ1n) is 6.13. The van der Waals surface area contributed by atoms with Gasteiger partial charge in [-0.25, -0.2) is 0 Å². The Morgan fingerprint density at radius 3 is 2.67 bits per heavy atom. The first-order valence-corrected chi connectivity index (χ1v) is 6.13. The molecule has 2 nitrogen and oxygen atoms in total. The average molecular weight is 241 g/mol. The zero-order valence-electron chi connectivity index (χ0n) is 11.2. The summed E-state index contributed by atoms with van der Waals surface area (Å²) in [5.74, 6) is 0.894. The summed E-state index contributed by atoms with van der Waals surface area (Å²) >= 11 is 0. The fraction of sp³-hybridized carbons (Fsp3) is 0.250. The van der Waals surface area contributed by atoms with E-state index in [1.165, 1.54) is 22.3 Å². The van der Waals surface area contributed by atoms with E-state index in [4.69, 9.17) is 4.74 Å². The van der Waals surface area contributed by atoms with Gasteiger partial charge in [-0.15, -0.1) is 0 Å². The largest absolute Gasteiger partial charge is 0.497 e. The summed E-state index contributed by atoms with van der Waals surface area (Å²) in [6, 6.07) is 14.8. The maximum Gasteiger partial charge on any atom is 0.119 e. The van der Waals surface area contributed by atoms with Gasteiger partial charge in [-0.3, -0.25) is 0 Å². The van der Waals surface area contributed by atoms with Crippen LogP contribution in [0.1, 0.15) is 11.1 Å². The first-order chi connectivity index (χ1) is 8.74. The predicted octanol–water partition coefficient (Wildman–Crippen LogP) is 3.39. The van der Waals surface area contributed by atoms with Gasteiger partial charge in [-0.1, -0.05) is 24.3 Å². The zero-order chi connectivity index (χ0) is 13.0. The molecule has 0 amide bonds. The molecule has 0 fully saturated rings. The molecule has 2 rings (SSSR count). The molecule has 2 aromatic rings. The number of methoxy groups -OCH3 is 1. The Morgan fingerprint density at radius 1 is 1.11 bits per heavy atom. The highest BCUT2D eigenvalue weighted by Crippen LogP contribution is 2.27. The van der Waals surface area contributed by atoms with Crippen LogP contribution in [0, 0.1) is 6.92 Å². The maximum absolute atomic E-state index is 5.28. The molecule has 2 aromatic carbocycles. The minimum atomic E-state index is 0.886. The van der Waals surface area contributed by atoms with Crippen LogP contribution in [0.3, 0.4) is 0 Å². The van der Waals surface area contributed by atoms with Crippen LogP contribution in [0.4, 0.5) is 0 Å². The van der Waals surface area contributed by atoms with Gasteiger partial charge < -0.3 is 10.1 Å². The molecule has 0 aliphatic heterocycles. The molecule has 0 saturated carbocycles. The lowest BCUT2D eigenvalue weighted by Crippen LogP contribution is -2.05. The van der Waals surface area contributed by atoms with Gasteiger partial charge in [0.15, 0.2) is 0 Å². The number of rotatable bonds is 4. The summed E-state index contributed by atoms with van der Waals surface area (Å²) in [4.78, 5) is 0. The second-order valence-corrected chi connectivity index (χ2v) is 4.41. The van der Waals surface area contributed by atoms with Gasteiger partial charge in [0.1, 0.15) is 5.75 Å². The molecule has 0 saturated heterocycles. The highest BCUT2D eigenvalue weighted by atomic mass is 16.5. The Kier molecular flexibility index (Phi) is 4.00. The van der Waals surface area contributed by atoms with Gasteiger partial charge in [-0.2, -0.15) is 0 Å². The van der Waals surface area contributed by atoms with Gasteiger partial charge in [0, 0.05) is 6.54 Å². The van der Waals surface area contributed by atoms with Crippen LogP contribution in [0.25, 0.3) is 11.1 Å². The molecule has 0 aromatic heterocycles. The fourth-order valence-electron chi connectivity index (χ4n) is 2.08. The molecule has 18 heavy (non-hydrogen) atoms. The maximum atomic E-state index is 5.28. The predicted molar refractivity (Wildman–Crippen MR) is 75.9 cm³/mol. The summed E-state index contributed by atoms with van der Waals surface area (Å²) in [7, 11) is 3.66. The highest BCUT2D eigenvalue weighted by molar-refractivity contribution is 5.69. The van der Waals surface area contributed by atoms with Gasteiger partial charge >= 0.3 is 0 Å². The van der Waals surface area contributed by atoms with Crippen LogP contribution < -0.4 is 10.1 Å². The van der Waals surface area contributed by atoms with Crippen LogP contribution in [-0.2, 0) is 6.54 Å². The third kappa shape index (κ3) is 2.71. The minimum absolute atomic E-state index is 0.886. The molecule has 0 spiro atoms. The Labute approximate surface area is 109 Å². The van der Waals surface area contributed by atoms with E-state index in [0.29, 0.717) is 0 Å². The van der Waals surface area contributed by atoms with Crippen molar-refractivity contribution in [1.29, 1.82) is 0 Å². The van der Waals surface area contributed by atoms with Gasteiger partial charge in [0.05, 0.1) is 7.11 Å². The topological polar surface area (TPSA) is 21.3 Å². The smallest absolute Gasteiger partial charge is 0.119 e. The van der Waals surface area contributed by atoms with Crippen LogP contribution in [0.5, 0.6) is 5.75 Å². The second kappa shape index (κ2) is 5.69. The van der Waals surface area contributed by atoms with E-state index in [1.54, 1.807) is 7.11 Å². The summed E-state index contributed by atoms with van der Waals surface area (Å²) in [6.45, 7) is 3.02. The van der Waals surface area contributed by atoms with E-state index < -0.39 is 0 Å². The number of ether oxygens (including phenoxy) is 1. The van der Waals surface area contributed by atoms with Gasteiger partial charge in [0.2, 0.25) is 0 Å². The molecule has 0 unspecified atom stereocenters. The van der Waals surface area contributed by atoms with Crippen LogP contribution in [-0.4, -0.2) is 14.2 Å². The molecule has 0 aliphatic carbocycles. The van der Waals surface area contributed by atoms with Crippen molar-refractivity contribution in [2.24, 2.45) is 0 Å². The lowest BCUT2D eigenvalue weighted by atomic mass is 9.98. The minimum Gasteiger partial charge on any atom is -0.497 e. The van der Waals surface area contributed by atoms with Crippen molar-refractivity contribution >= 4 is 0 Å². The lowest BCUT2D eigenvalue weighted by Gasteiger charge is -2.10. The summed E-state index contributed by atoms with van der Waals surface area (Å²) in [6.07, 6.45) is 0. The van der Waals surface area contributed by atoms with Crippen LogP contribution in [0.2, 0.25) is 0 Å². The van der Waals surface area contributed by atoms with Crippen molar-refractivity contribution in [3.63, 3.8) is 0 Å². The van der Waals surface area contributed by atoms with Gasteiger partial charge in [0.25, 0.3) is 0 Å².